The number of primary amides is 1. The molecule has 0 radical (unpaired) electrons. The highest BCUT2D eigenvalue weighted by atomic mass is 19.4. The predicted molar refractivity (Wildman–Crippen MR) is 124 cm³/mol. The number of nitrogens with two attached hydrogens (primary N) is 1. The van der Waals surface area contributed by atoms with E-state index in [0.29, 0.717) is 54.4 Å². The number of hydrogen-bond acceptors (Lipinski definition) is 4. The van der Waals surface area contributed by atoms with Gasteiger partial charge in [-0.3, -0.25) is 4.79 Å². The SMILES string of the molecule is C#Cc1ncc(-c2cc(-c3c(C(N)=O)cccc3C(F)(F)F)c(F)cc2C)cc1N1CCOCC1. The van der Waals surface area contributed by atoms with Crippen LogP contribution < -0.4 is 10.6 Å². The van der Waals surface area contributed by atoms with Crippen LogP contribution in [0.4, 0.5) is 23.2 Å². The summed E-state index contributed by atoms with van der Waals surface area (Å²) in [6, 6.07) is 7.20. The van der Waals surface area contributed by atoms with Crippen molar-refractivity contribution in [3.8, 4) is 34.6 Å². The monoisotopic (exact) mass is 483 g/mol. The summed E-state index contributed by atoms with van der Waals surface area (Å²) in [4.78, 5) is 18.3. The van der Waals surface area contributed by atoms with Crippen LogP contribution in [0.25, 0.3) is 22.3 Å². The molecule has 180 valence electrons. The van der Waals surface area contributed by atoms with Gasteiger partial charge in [0.2, 0.25) is 5.91 Å². The van der Waals surface area contributed by atoms with E-state index < -0.39 is 34.6 Å². The van der Waals surface area contributed by atoms with Crippen LogP contribution in [0.3, 0.4) is 0 Å². The summed E-state index contributed by atoms with van der Waals surface area (Å²) in [5, 5.41) is 0. The van der Waals surface area contributed by atoms with Gasteiger partial charge in [0.1, 0.15) is 11.5 Å². The second-order valence-electron chi connectivity index (χ2n) is 8.07. The lowest BCUT2D eigenvalue weighted by Crippen LogP contribution is -2.36. The lowest BCUT2D eigenvalue weighted by molar-refractivity contribution is -0.137. The number of morpholine rings is 1. The Labute approximate surface area is 199 Å². The Bertz CT molecular complexity index is 1340. The van der Waals surface area contributed by atoms with Gasteiger partial charge in [0.25, 0.3) is 0 Å². The summed E-state index contributed by atoms with van der Waals surface area (Å²) in [7, 11) is 0. The minimum atomic E-state index is -4.84. The number of carbonyl (C=O) groups excluding carboxylic acids is 1. The van der Waals surface area contributed by atoms with E-state index in [9.17, 15) is 18.0 Å². The van der Waals surface area contributed by atoms with Crippen LogP contribution in [0.2, 0.25) is 0 Å². The standard InChI is InChI=1S/C26H21F4N3O2/c1-3-22-23(33-7-9-35-10-8-33)12-16(14-32-22)18-13-19(21(27)11-15(18)2)24-17(25(31)34)5-4-6-20(24)26(28,29)30/h1,4-6,11-14H,7-10H2,2H3,(H2,31,34). The van der Waals surface area contributed by atoms with Crippen molar-refractivity contribution < 1.29 is 27.1 Å². The minimum Gasteiger partial charge on any atom is -0.378 e. The second kappa shape index (κ2) is 9.39. The van der Waals surface area contributed by atoms with Gasteiger partial charge in [0, 0.05) is 41.5 Å². The van der Waals surface area contributed by atoms with Crippen molar-refractivity contribution in [2.24, 2.45) is 5.73 Å². The van der Waals surface area contributed by atoms with Crippen LogP contribution in [0.15, 0.2) is 42.6 Å². The van der Waals surface area contributed by atoms with Crippen molar-refractivity contribution in [3.05, 3.63) is 70.8 Å². The highest BCUT2D eigenvalue weighted by Crippen LogP contribution is 2.42. The lowest BCUT2D eigenvalue weighted by atomic mass is 9.89. The molecule has 2 N–H and O–H groups in total. The number of terminal acetylenes is 1. The Morgan fingerprint density at radius 1 is 1.17 bits per heavy atom. The van der Waals surface area contributed by atoms with E-state index in [1.165, 1.54) is 12.3 Å². The molecule has 0 spiro atoms. The molecule has 2 heterocycles. The van der Waals surface area contributed by atoms with Crippen LogP contribution in [0.1, 0.15) is 27.2 Å². The molecule has 4 rings (SSSR count). The molecule has 1 saturated heterocycles. The largest absolute Gasteiger partial charge is 0.417 e. The molecule has 0 bridgehead atoms. The fourth-order valence-electron chi connectivity index (χ4n) is 4.22. The summed E-state index contributed by atoms with van der Waals surface area (Å²) in [5.74, 6) is 0.541. The highest BCUT2D eigenvalue weighted by Gasteiger charge is 2.36. The summed E-state index contributed by atoms with van der Waals surface area (Å²) in [6.07, 6.45) is 2.29. The van der Waals surface area contributed by atoms with E-state index in [0.717, 1.165) is 24.3 Å². The highest BCUT2D eigenvalue weighted by molar-refractivity contribution is 6.01. The third-order valence-corrected chi connectivity index (χ3v) is 5.89. The molecule has 1 aromatic heterocycles. The van der Waals surface area contributed by atoms with Gasteiger partial charge >= 0.3 is 6.18 Å². The smallest absolute Gasteiger partial charge is 0.378 e. The molecular weight excluding hydrogens is 462 g/mol. The number of pyridine rings is 1. The van der Waals surface area contributed by atoms with Crippen molar-refractivity contribution in [2.75, 3.05) is 31.2 Å². The molecule has 2 aromatic carbocycles. The average molecular weight is 483 g/mol. The van der Waals surface area contributed by atoms with Crippen molar-refractivity contribution in [3.63, 3.8) is 0 Å². The summed E-state index contributed by atoms with van der Waals surface area (Å²) in [5.41, 5.74) is 5.32. The number of aryl methyl sites for hydroxylation is 1. The molecule has 5 nitrogen and oxygen atoms in total. The number of benzene rings is 2. The molecule has 1 fully saturated rings. The lowest BCUT2D eigenvalue weighted by Gasteiger charge is -2.29. The fourth-order valence-corrected chi connectivity index (χ4v) is 4.22. The van der Waals surface area contributed by atoms with Crippen LogP contribution in [0, 0.1) is 25.1 Å². The van der Waals surface area contributed by atoms with Crippen LogP contribution in [0.5, 0.6) is 0 Å². The first-order valence-corrected chi connectivity index (χ1v) is 10.7. The van der Waals surface area contributed by atoms with E-state index in [-0.39, 0.29) is 5.56 Å². The Hall–Kier alpha value is -3.90. The molecule has 0 atom stereocenters. The normalized spacial score (nSPS) is 14.0. The Kier molecular flexibility index (Phi) is 6.50. The zero-order chi connectivity index (χ0) is 25.3. The molecule has 0 unspecified atom stereocenters. The molecule has 1 amide bonds. The number of amides is 1. The summed E-state index contributed by atoms with van der Waals surface area (Å²) < 4.78 is 62.0. The number of alkyl halides is 3. The molecule has 1 aliphatic rings. The molecule has 1 aliphatic heterocycles. The molecule has 0 aliphatic carbocycles. The van der Waals surface area contributed by atoms with Gasteiger partial charge in [-0.1, -0.05) is 6.07 Å². The van der Waals surface area contributed by atoms with Gasteiger partial charge in [-0.2, -0.15) is 13.2 Å². The third-order valence-electron chi connectivity index (χ3n) is 5.89. The van der Waals surface area contributed by atoms with Gasteiger partial charge in [0.05, 0.1) is 24.5 Å². The van der Waals surface area contributed by atoms with E-state index in [1.54, 1.807) is 13.0 Å². The van der Waals surface area contributed by atoms with Crippen molar-refractivity contribution in [1.82, 2.24) is 4.98 Å². The first kappa shape index (κ1) is 24.2. The number of anilines is 1. The van der Waals surface area contributed by atoms with E-state index >= 15 is 4.39 Å². The molecule has 3 aromatic rings. The quantitative estimate of drug-likeness (QED) is 0.428. The number of ether oxygens (including phenoxy) is 1. The second-order valence-corrected chi connectivity index (χ2v) is 8.07. The molecular formula is C26H21F4N3O2. The summed E-state index contributed by atoms with van der Waals surface area (Å²) in [6.45, 7) is 3.84. The molecule has 35 heavy (non-hydrogen) atoms. The maximum atomic E-state index is 15.1. The average Bonchev–Trinajstić information content (AvgIpc) is 2.83. The van der Waals surface area contributed by atoms with Gasteiger partial charge in [0.15, 0.2) is 0 Å². The first-order chi connectivity index (χ1) is 16.6. The van der Waals surface area contributed by atoms with Gasteiger partial charge < -0.3 is 15.4 Å². The van der Waals surface area contributed by atoms with Crippen LogP contribution in [-0.4, -0.2) is 37.2 Å². The van der Waals surface area contributed by atoms with E-state index in [2.05, 4.69) is 10.9 Å². The van der Waals surface area contributed by atoms with Crippen LogP contribution in [-0.2, 0) is 10.9 Å². The van der Waals surface area contributed by atoms with Gasteiger partial charge in [-0.25, -0.2) is 9.37 Å². The maximum absolute atomic E-state index is 15.1. The first-order valence-electron chi connectivity index (χ1n) is 10.7. The number of halogens is 4. The van der Waals surface area contributed by atoms with Crippen LogP contribution >= 0.6 is 0 Å². The van der Waals surface area contributed by atoms with Crippen molar-refractivity contribution >= 4 is 11.6 Å². The minimum absolute atomic E-state index is 0.388. The van der Waals surface area contributed by atoms with Crippen molar-refractivity contribution in [2.45, 2.75) is 13.1 Å². The topological polar surface area (TPSA) is 68.5 Å². The third kappa shape index (κ3) is 4.70. The summed E-state index contributed by atoms with van der Waals surface area (Å²) >= 11 is 0. The zero-order valence-electron chi connectivity index (χ0n) is 18.7. The number of nitrogens with zero attached hydrogens (tertiary/aromatic N) is 2. The Morgan fingerprint density at radius 3 is 2.51 bits per heavy atom. The molecule has 0 saturated carbocycles. The Morgan fingerprint density at radius 2 is 1.89 bits per heavy atom. The van der Waals surface area contributed by atoms with E-state index in [1.807, 2.05) is 4.90 Å². The number of hydrogen-bond donors (Lipinski definition) is 1. The molecule has 9 heteroatoms. The Balaban J connectivity index is 1.94. The van der Waals surface area contributed by atoms with Gasteiger partial charge in [-0.05, 0) is 54.3 Å². The number of carbonyl (C=O) groups is 1. The van der Waals surface area contributed by atoms with E-state index in [4.69, 9.17) is 16.9 Å². The zero-order valence-corrected chi connectivity index (χ0v) is 18.7. The number of rotatable bonds is 4. The van der Waals surface area contributed by atoms with Crippen molar-refractivity contribution in [1.29, 1.82) is 0 Å². The maximum Gasteiger partial charge on any atom is 0.417 e. The van der Waals surface area contributed by atoms with Gasteiger partial charge in [-0.15, -0.1) is 6.42 Å². The fraction of sp³-hybridized carbons (Fsp3) is 0.231. The predicted octanol–water partition coefficient (Wildman–Crippen LogP) is 4.80. The number of aromatic nitrogens is 1.